The minimum atomic E-state index is -0.489. The molecule has 3 aromatic rings. The van der Waals surface area contributed by atoms with Crippen LogP contribution in [0.25, 0.3) is 0 Å². The lowest BCUT2D eigenvalue weighted by molar-refractivity contribution is 0.0734. The van der Waals surface area contributed by atoms with E-state index in [9.17, 15) is 9.59 Å². The van der Waals surface area contributed by atoms with E-state index >= 15 is 0 Å². The molecule has 0 aliphatic heterocycles. The molecule has 5 heteroatoms. The molecular weight excluding hydrogens is 330 g/mol. The Balaban J connectivity index is 1.76. The summed E-state index contributed by atoms with van der Waals surface area (Å²) in [6.45, 7) is 0. The fourth-order valence-corrected chi connectivity index (χ4v) is 2.33. The van der Waals surface area contributed by atoms with E-state index in [4.69, 9.17) is 9.47 Å². The van der Waals surface area contributed by atoms with Crippen molar-refractivity contribution in [3.05, 3.63) is 90.0 Å². The number of hydrogen-bond acceptors (Lipinski definition) is 4. The molecule has 0 atom stereocenters. The van der Waals surface area contributed by atoms with Gasteiger partial charge in [-0.15, -0.1) is 0 Å². The van der Waals surface area contributed by atoms with Crippen LogP contribution in [0.1, 0.15) is 20.7 Å². The Morgan fingerprint density at radius 2 is 1.42 bits per heavy atom. The van der Waals surface area contributed by atoms with Crippen LogP contribution in [0.15, 0.2) is 78.9 Å². The molecule has 0 heterocycles. The number of nitrogens with one attached hydrogen (secondary N) is 1. The molecule has 0 aromatic heterocycles. The summed E-state index contributed by atoms with van der Waals surface area (Å²) in [5.74, 6) is 0.148. The lowest BCUT2D eigenvalue weighted by Gasteiger charge is -2.11. The molecule has 0 saturated heterocycles. The zero-order valence-electron chi connectivity index (χ0n) is 14.1. The molecule has 0 aliphatic carbocycles. The molecule has 0 spiro atoms. The molecular formula is C21H17NO4. The van der Waals surface area contributed by atoms with E-state index in [0.717, 1.165) is 0 Å². The minimum Gasteiger partial charge on any atom is -0.497 e. The number of benzene rings is 3. The monoisotopic (exact) mass is 347 g/mol. The molecule has 0 aliphatic rings. The quantitative estimate of drug-likeness (QED) is 0.556. The second-order valence-electron chi connectivity index (χ2n) is 5.43. The number of methoxy groups -OCH3 is 1. The first-order valence-corrected chi connectivity index (χ1v) is 7.99. The molecule has 3 rings (SSSR count). The van der Waals surface area contributed by atoms with Crippen molar-refractivity contribution in [3.63, 3.8) is 0 Å². The van der Waals surface area contributed by atoms with E-state index in [-0.39, 0.29) is 11.7 Å². The Bertz CT molecular complexity index is 905. The standard InChI is InChI=1S/C21H17NO4/c1-25-17-13-11-15(12-14-17)20(23)22-18-9-5-6-10-19(18)26-21(24)16-7-3-2-4-8-16/h2-14H,1H3,(H,22,23). The SMILES string of the molecule is COc1ccc(C(=O)Nc2ccccc2OC(=O)c2ccccc2)cc1. The largest absolute Gasteiger partial charge is 0.497 e. The number of carbonyl (C=O) groups is 2. The lowest BCUT2D eigenvalue weighted by Crippen LogP contribution is -2.14. The van der Waals surface area contributed by atoms with Gasteiger partial charge in [0.25, 0.3) is 5.91 Å². The first-order valence-electron chi connectivity index (χ1n) is 7.99. The average molecular weight is 347 g/mol. The Hall–Kier alpha value is -3.60. The van der Waals surface area contributed by atoms with Gasteiger partial charge in [0.1, 0.15) is 5.75 Å². The number of anilines is 1. The number of para-hydroxylation sites is 2. The third-order valence-electron chi connectivity index (χ3n) is 3.70. The van der Waals surface area contributed by atoms with Crippen LogP contribution in [-0.2, 0) is 0 Å². The molecule has 1 N–H and O–H groups in total. The third kappa shape index (κ3) is 4.08. The van der Waals surface area contributed by atoms with Gasteiger partial charge in [0.05, 0.1) is 18.4 Å². The van der Waals surface area contributed by atoms with Crippen LogP contribution in [0.5, 0.6) is 11.5 Å². The summed E-state index contributed by atoms with van der Waals surface area (Å²) in [5.41, 5.74) is 1.32. The highest BCUT2D eigenvalue weighted by molar-refractivity contribution is 6.05. The second-order valence-corrected chi connectivity index (χ2v) is 5.43. The lowest BCUT2D eigenvalue weighted by atomic mass is 10.2. The Morgan fingerprint density at radius 1 is 0.769 bits per heavy atom. The molecule has 3 aromatic carbocycles. The van der Waals surface area contributed by atoms with E-state index in [1.54, 1.807) is 79.9 Å². The number of esters is 1. The molecule has 26 heavy (non-hydrogen) atoms. The highest BCUT2D eigenvalue weighted by Gasteiger charge is 2.13. The Morgan fingerprint density at radius 3 is 2.12 bits per heavy atom. The predicted molar refractivity (Wildman–Crippen MR) is 98.8 cm³/mol. The van der Waals surface area contributed by atoms with E-state index in [0.29, 0.717) is 22.6 Å². The van der Waals surface area contributed by atoms with Crippen LogP contribution < -0.4 is 14.8 Å². The molecule has 0 saturated carbocycles. The van der Waals surface area contributed by atoms with Crippen molar-refractivity contribution < 1.29 is 19.1 Å². The predicted octanol–water partition coefficient (Wildman–Crippen LogP) is 4.17. The van der Waals surface area contributed by atoms with Crippen molar-refractivity contribution in [1.82, 2.24) is 0 Å². The molecule has 0 radical (unpaired) electrons. The number of hydrogen-bond donors (Lipinski definition) is 1. The van der Waals surface area contributed by atoms with Crippen molar-refractivity contribution in [1.29, 1.82) is 0 Å². The highest BCUT2D eigenvalue weighted by Crippen LogP contribution is 2.25. The van der Waals surface area contributed by atoms with E-state index in [1.807, 2.05) is 6.07 Å². The zero-order chi connectivity index (χ0) is 18.4. The van der Waals surface area contributed by atoms with Gasteiger partial charge in [0.2, 0.25) is 0 Å². The van der Waals surface area contributed by atoms with Gasteiger partial charge in [0.15, 0.2) is 5.75 Å². The summed E-state index contributed by atoms with van der Waals surface area (Å²) in [4.78, 5) is 24.7. The first kappa shape index (κ1) is 17.2. The molecule has 0 bridgehead atoms. The van der Waals surface area contributed by atoms with E-state index in [2.05, 4.69) is 5.32 Å². The average Bonchev–Trinajstić information content (AvgIpc) is 2.70. The van der Waals surface area contributed by atoms with Crippen molar-refractivity contribution >= 4 is 17.6 Å². The maximum absolute atomic E-state index is 12.4. The van der Waals surface area contributed by atoms with Crippen LogP contribution >= 0.6 is 0 Å². The maximum Gasteiger partial charge on any atom is 0.343 e. The summed E-state index contributed by atoms with van der Waals surface area (Å²) in [7, 11) is 1.56. The van der Waals surface area contributed by atoms with Crippen LogP contribution in [-0.4, -0.2) is 19.0 Å². The summed E-state index contributed by atoms with van der Waals surface area (Å²) < 4.78 is 10.5. The Labute approximate surface area is 151 Å². The van der Waals surface area contributed by atoms with Gasteiger partial charge < -0.3 is 14.8 Å². The smallest absolute Gasteiger partial charge is 0.343 e. The van der Waals surface area contributed by atoms with Crippen LogP contribution in [0, 0.1) is 0 Å². The summed E-state index contributed by atoms with van der Waals surface area (Å²) in [6, 6.07) is 22.2. The molecule has 0 unspecified atom stereocenters. The summed E-state index contributed by atoms with van der Waals surface area (Å²) in [5, 5.41) is 2.76. The maximum atomic E-state index is 12.4. The first-order chi connectivity index (χ1) is 12.7. The van der Waals surface area contributed by atoms with Gasteiger partial charge in [-0.3, -0.25) is 4.79 Å². The van der Waals surface area contributed by atoms with Gasteiger partial charge >= 0.3 is 5.97 Å². The number of ether oxygens (including phenoxy) is 2. The van der Waals surface area contributed by atoms with Crippen molar-refractivity contribution in [2.45, 2.75) is 0 Å². The summed E-state index contributed by atoms with van der Waals surface area (Å²) in [6.07, 6.45) is 0. The number of carbonyl (C=O) groups excluding carboxylic acids is 2. The van der Waals surface area contributed by atoms with E-state index < -0.39 is 5.97 Å². The molecule has 1 amide bonds. The Kier molecular flexibility index (Phi) is 5.29. The van der Waals surface area contributed by atoms with Crippen molar-refractivity contribution in [2.24, 2.45) is 0 Å². The minimum absolute atomic E-state index is 0.281. The fraction of sp³-hybridized carbons (Fsp3) is 0.0476. The van der Waals surface area contributed by atoms with Gasteiger partial charge in [0, 0.05) is 5.56 Å². The zero-order valence-corrected chi connectivity index (χ0v) is 14.1. The van der Waals surface area contributed by atoms with Crippen molar-refractivity contribution in [3.8, 4) is 11.5 Å². The topological polar surface area (TPSA) is 64.6 Å². The van der Waals surface area contributed by atoms with Crippen LogP contribution in [0.4, 0.5) is 5.69 Å². The van der Waals surface area contributed by atoms with Gasteiger partial charge in [-0.2, -0.15) is 0 Å². The van der Waals surface area contributed by atoms with E-state index in [1.165, 1.54) is 0 Å². The van der Waals surface area contributed by atoms with Gasteiger partial charge in [-0.05, 0) is 48.5 Å². The van der Waals surface area contributed by atoms with Gasteiger partial charge in [-0.1, -0.05) is 30.3 Å². The second kappa shape index (κ2) is 7.98. The third-order valence-corrected chi connectivity index (χ3v) is 3.70. The van der Waals surface area contributed by atoms with Crippen LogP contribution in [0.2, 0.25) is 0 Å². The number of rotatable bonds is 5. The molecule has 5 nitrogen and oxygen atoms in total. The highest BCUT2D eigenvalue weighted by atomic mass is 16.5. The summed E-state index contributed by atoms with van der Waals surface area (Å²) >= 11 is 0. The van der Waals surface area contributed by atoms with Crippen LogP contribution in [0.3, 0.4) is 0 Å². The molecule has 130 valence electrons. The van der Waals surface area contributed by atoms with Crippen molar-refractivity contribution in [2.75, 3.05) is 12.4 Å². The molecule has 0 fully saturated rings. The number of amides is 1. The van der Waals surface area contributed by atoms with Gasteiger partial charge in [-0.25, -0.2) is 4.79 Å². The fourth-order valence-electron chi connectivity index (χ4n) is 2.33. The normalized spacial score (nSPS) is 10.0.